The highest BCUT2D eigenvalue weighted by atomic mass is 16.5. The van der Waals surface area contributed by atoms with E-state index < -0.39 is 0 Å². The van der Waals surface area contributed by atoms with E-state index in [0.29, 0.717) is 12.1 Å². The zero-order valence-electron chi connectivity index (χ0n) is 10.0. The number of hydrogen-bond acceptors (Lipinski definition) is 2. The van der Waals surface area contributed by atoms with Gasteiger partial charge in [-0.2, -0.15) is 0 Å². The first-order valence-corrected chi connectivity index (χ1v) is 6.69. The van der Waals surface area contributed by atoms with Gasteiger partial charge in [0.2, 0.25) is 0 Å². The van der Waals surface area contributed by atoms with E-state index in [9.17, 15) is 0 Å². The summed E-state index contributed by atoms with van der Waals surface area (Å²) in [6.45, 7) is 4.45. The summed E-state index contributed by atoms with van der Waals surface area (Å²) in [4.78, 5) is 0. The van der Waals surface area contributed by atoms with Crippen molar-refractivity contribution in [2.45, 2.75) is 64.0 Å². The Labute approximate surface area is 93.8 Å². The molecule has 2 heteroatoms. The molecule has 0 spiro atoms. The Morgan fingerprint density at radius 2 is 2.13 bits per heavy atom. The lowest BCUT2D eigenvalue weighted by Crippen LogP contribution is -2.31. The second-order valence-electron chi connectivity index (χ2n) is 5.31. The Kier molecular flexibility index (Phi) is 4.45. The Balaban J connectivity index is 1.49. The lowest BCUT2D eigenvalue weighted by Gasteiger charge is -2.23. The molecule has 1 saturated heterocycles. The van der Waals surface area contributed by atoms with Crippen LogP contribution in [0.15, 0.2) is 0 Å². The molecule has 1 aliphatic heterocycles. The van der Waals surface area contributed by atoms with Crippen molar-refractivity contribution < 1.29 is 4.74 Å². The van der Waals surface area contributed by atoms with Crippen molar-refractivity contribution in [1.29, 1.82) is 0 Å². The molecular formula is C13H25NO. The zero-order valence-corrected chi connectivity index (χ0v) is 10.0. The number of ether oxygens (including phenoxy) is 1. The summed E-state index contributed by atoms with van der Waals surface area (Å²) in [6, 6.07) is 0.709. The Bertz CT molecular complexity index is 173. The molecule has 1 aliphatic carbocycles. The minimum absolute atomic E-state index is 0.541. The first kappa shape index (κ1) is 11.4. The molecule has 0 amide bonds. The van der Waals surface area contributed by atoms with Crippen LogP contribution in [0.3, 0.4) is 0 Å². The molecule has 15 heavy (non-hydrogen) atoms. The third kappa shape index (κ3) is 4.52. The van der Waals surface area contributed by atoms with Gasteiger partial charge in [-0.3, -0.25) is 0 Å². The predicted octanol–water partition coefficient (Wildman–Crippen LogP) is 2.72. The standard InChI is InChI=1S/C13H25NO/c1-11(10-12-5-6-12)14-8-7-13-4-2-3-9-15-13/h11-14H,2-10H2,1H3. The Hall–Kier alpha value is -0.0800. The van der Waals surface area contributed by atoms with E-state index in [1.807, 2.05) is 0 Å². The van der Waals surface area contributed by atoms with Crippen molar-refractivity contribution in [2.24, 2.45) is 5.92 Å². The second-order valence-corrected chi connectivity index (χ2v) is 5.31. The van der Waals surface area contributed by atoms with Gasteiger partial charge in [-0.1, -0.05) is 12.8 Å². The molecular weight excluding hydrogens is 186 g/mol. The smallest absolute Gasteiger partial charge is 0.0587 e. The van der Waals surface area contributed by atoms with Crippen molar-refractivity contribution in [1.82, 2.24) is 5.32 Å². The summed E-state index contributed by atoms with van der Waals surface area (Å²) >= 11 is 0. The van der Waals surface area contributed by atoms with Gasteiger partial charge in [-0.05, 0) is 51.5 Å². The van der Waals surface area contributed by atoms with Crippen LogP contribution in [0.25, 0.3) is 0 Å². The maximum Gasteiger partial charge on any atom is 0.0587 e. The van der Waals surface area contributed by atoms with Crippen molar-refractivity contribution in [3.05, 3.63) is 0 Å². The fraction of sp³-hybridized carbons (Fsp3) is 1.00. The molecule has 1 saturated carbocycles. The first-order chi connectivity index (χ1) is 7.34. The normalized spacial score (nSPS) is 29.0. The van der Waals surface area contributed by atoms with E-state index in [2.05, 4.69) is 12.2 Å². The third-order valence-electron chi connectivity index (χ3n) is 3.62. The van der Waals surface area contributed by atoms with E-state index >= 15 is 0 Å². The van der Waals surface area contributed by atoms with Crippen molar-refractivity contribution in [3.8, 4) is 0 Å². The molecule has 0 aromatic heterocycles. The Morgan fingerprint density at radius 1 is 1.27 bits per heavy atom. The molecule has 2 fully saturated rings. The second kappa shape index (κ2) is 5.86. The van der Waals surface area contributed by atoms with Gasteiger partial charge in [0.15, 0.2) is 0 Å². The van der Waals surface area contributed by atoms with Crippen LogP contribution in [-0.4, -0.2) is 25.3 Å². The number of hydrogen-bond donors (Lipinski definition) is 1. The van der Waals surface area contributed by atoms with Crippen molar-refractivity contribution in [2.75, 3.05) is 13.2 Å². The number of nitrogens with one attached hydrogen (secondary N) is 1. The summed E-state index contributed by atoms with van der Waals surface area (Å²) in [7, 11) is 0. The molecule has 0 aromatic carbocycles. The van der Waals surface area contributed by atoms with Gasteiger partial charge in [0.05, 0.1) is 6.10 Å². The minimum Gasteiger partial charge on any atom is -0.378 e. The van der Waals surface area contributed by atoms with Crippen molar-refractivity contribution in [3.63, 3.8) is 0 Å². The Morgan fingerprint density at radius 3 is 2.80 bits per heavy atom. The highest BCUT2D eigenvalue weighted by Gasteiger charge is 2.23. The molecule has 2 aliphatic rings. The van der Waals surface area contributed by atoms with Crippen LogP contribution >= 0.6 is 0 Å². The van der Waals surface area contributed by atoms with Gasteiger partial charge >= 0.3 is 0 Å². The van der Waals surface area contributed by atoms with Crippen LogP contribution in [0.5, 0.6) is 0 Å². The molecule has 1 N–H and O–H groups in total. The molecule has 88 valence electrons. The maximum atomic E-state index is 5.71. The predicted molar refractivity (Wildman–Crippen MR) is 63.0 cm³/mol. The van der Waals surface area contributed by atoms with Crippen LogP contribution in [0, 0.1) is 5.92 Å². The molecule has 2 atom stereocenters. The molecule has 0 aromatic rings. The summed E-state index contributed by atoms with van der Waals surface area (Å²) in [5, 5.41) is 3.62. The third-order valence-corrected chi connectivity index (χ3v) is 3.62. The van der Waals surface area contributed by atoms with Gasteiger partial charge in [0.25, 0.3) is 0 Å². The summed E-state index contributed by atoms with van der Waals surface area (Å²) < 4.78 is 5.71. The summed E-state index contributed by atoms with van der Waals surface area (Å²) in [5.74, 6) is 1.04. The molecule has 2 unspecified atom stereocenters. The van der Waals surface area contributed by atoms with Gasteiger partial charge in [-0.15, -0.1) is 0 Å². The van der Waals surface area contributed by atoms with Crippen LogP contribution in [0.4, 0.5) is 0 Å². The highest BCUT2D eigenvalue weighted by molar-refractivity contribution is 4.78. The monoisotopic (exact) mass is 211 g/mol. The van der Waals surface area contributed by atoms with Gasteiger partial charge in [0, 0.05) is 12.6 Å². The largest absolute Gasteiger partial charge is 0.378 e. The summed E-state index contributed by atoms with van der Waals surface area (Å²) in [6.07, 6.45) is 9.97. The van der Waals surface area contributed by atoms with E-state index in [0.717, 1.165) is 19.1 Å². The summed E-state index contributed by atoms with van der Waals surface area (Å²) in [5.41, 5.74) is 0. The molecule has 0 radical (unpaired) electrons. The lowest BCUT2D eigenvalue weighted by molar-refractivity contribution is 0.0112. The van der Waals surface area contributed by atoms with E-state index in [1.165, 1.54) is 44.9 Å². The molecule has 2 nitrogen and oxygen atoms in total. The zero-order chi connectivity index (χ0) is 10.5. The van der Waals surface area contributed by atoms with Gasteiger partial charge in [-0.25, -0.2) is 0 Å². The van der Waals surface area contributed by atoms with Gasteiger partial charge < -0.3 is 10.1 Å². The minimum atomic E-state index is 0.541. The lowest BCUT2D eigenvalue weighted by atomic mass is 10.1. The van der Waals surface area contributed by atoms with E-state index in [4.69, 9.17) is 4.74 Å². The van der Waals surface area contributed by atoms with E-state index in [1.54, 1.807) is 0 Å². The molecule has 1 heterocycles. The first-order valence-electron chi connectivity index (χ1n) is 6.69. The van der Waals surface area contributed by atoms with Crippen LogP contribution in [0.1, 0.15) is 51.9 Å². The van der Waals surface area contributed by atoms with Gasteiger partial charge in [0.1, 0.15) is 0 Å². The van der Waals surface area contributed by atoms with E-state index in [-0.39, 0.29) is 0 Å². The quantitative estimate of drug-likeness (QED) is 0.729. The number of rotatable bonds is 6. The SMILES string of the molecule is CC(CC1CC1)NCCC1CCCCO1. The maximum absolute atomic E-state index is 5.71. The van der Waals surface area contributed by atoms with Crippen LogP contribution in [-0.2, 0) is 4.74 Å². The van der Waals surface area contributed by atoms with Crippen LogP contribution in [0.2, 0.25) is 0 Å². The average Bonchev–Trinajstić information content (AvgIpc) is 3.03. The fourth-order valence-electron chi connectivity index (χ4n) is 2.46. The fourth-order valence-corrected chi connectivity index (χ4v) is 2.46. The molecule has 2 rings (SSSR count). The molecule has 0 bridgehead atoms. The highest BCUT2D eigenvalue weighted by Crippen LogP contribution is 2.33. The van der Waals surface area contributed by atoms with Crippen molar-refractivity contribution >= 4 is 0 Å². The van der Waals surface area contributed by atoms with Crippen LogP contribution < -0.4 is 5.32 Å². The average molecular weight is 211 g/mol. The topological polar surface area (TPSA) is 21.3 Å².